The second-order valence-corrected chi connectivity index (χ2v) is 5.38. The van der Waals surface area contributed by atoms with Gasteiger partial charge in [-0.3, -0.25) is 10.1 Å². The predicted molar refractivity (Wildman–Crippen MR) is 87.1 cm³/mol. The average Bonchev–Trinajstić information content (AvgIpc) is 2.95. The van der Waals surface area contributed by atoms with Gasteiger partial charge in [0.25, 0.3) is 0 Å². The maximum absolute atomic E-state index is 12.0. The summed E-state index contributed by atoms with van der Waals surface area (Å²) < 4.78 is 5.47. The number of rotatable bonds is 5. The predicted octanol–water partition coefficient (Wildman–Crippen LogP) is 3.15. The molecule has 0 aliphatic heterocycles. The molecule has 0 saturated carbocycles. The summed E-state index contributed by atoms with van der Waals surface area (Å²) in [4.78, 5) is 12.0. The Hall–Kier alpha value is -2.95. The van der Waals surface area contributed by atoms with Crippen LogP contribution < -0.4 is 5.32 Å². The largest absolute Gasteiger partial charge is 0.407 e. The zero-order chi connectivity index (χ0) is 16.1. The van der Waals surface area contributed by atoms with Gasteiger partial charge in [0, 0.05) is 0 Å². The molecule has 0 spiro atoms. The Bertz CT molecular complexity index is 797. The monoisotopic (exact) mass is 307 g/mol. The zero-order valence-electron chi connectivity index (χ0n) is 12.8. The first-order chi connectivity index (χ1) is 11.2. The van der Waals surface area contributed by atoms with Gasteiger partial charge in [0.2, 0.25) is 11.8 Å². The Morgan fingerprint density at radius 1 is 1.04 bits per heavy atom. The third-order valence-electron chi connectivity index (χ3n) is 3.36. The molecule has 0 fully saturated rings. The summed E-state index contributed by atoms with van der Waals surface area (Å²) in [7, 11) is 0. The van der Waals surface area contributed by atoms with E-state index in [-0.39, 0.29) is 18.3 Å². The third kappa shape index (κ3) is 4.26. The van der Waals surface area contributed by atoms with Gasteiger partial charge in [0.15, 0.2) is 0 Å². The number of carbonyl (C=O) groups is 1. The van der Waals surface area contributed by atoms with Crippen LogP contribution in [0.5, 0.6) is 0 Å². The lowest BCUT2D eigenvalue weighted by Gasteiger charge is -2.02. The first-order valence-electron chi connectivity index (χ1n) is 7.41. The molecule has 3 rings (SSSR count). The van der Waals surface area contributed by atoms with Gasteiger partial charge in [0.1, 0.15) is 0 Å². The standard InChI is InChI=1S/C18H17N3O2/c1-13-6-5-9-15(10-13)11-16(22)19-18-21-20-17(23-18)12-14-7-3-2-4-8-14/h2-10H,11-12H2,1H3,(H,19,21,22). The normalized spacial score (nSPS) is 10.5. The molecule has 0 radical (unpaired) electrons. The molecule has 0 saturated heterocycles. The van der Waals surface area contributed by atoms with E-state index in [0.29, 0.717) is 12.3 Å². The lowest BCUT2D eigenvalue weighted by molar-refractivity contribution is -0.115. The maximum Gasteiger partial charge on any atom is 0.322 e. The summed E-state index contributed by atoms with van der Waals surface area (Å²) in [5, 5.41) is 10.5. The van der Waals surface area contributed by atoms with E-state index in [1.807, 2.05) is 61.5 Å². The lowest BCUT2D eigenvalue weighted by Crippen LogP contribution is -2.14. The van der Waals surface area contributed by atoms with Gasteiger partial charge < -0.3 is 4.42 Å². The minimum Gasteiger partial charge on any atom is -0.407 e. The van der Waals surface area contributed by atoms with Crippen LogP contribution in [-0.2, 0) is 17.6 Å². The van der Waals surface area contributed by atoms with Gasteiger partial charge in [-0.05, 0) is 18.1 Å². The fraction of sp³-hybridized carbons (Fsp3) is 0.167. The molecule has 1 heterocycles. The third-order valence-corrected chi connectivity index (χ3v) is 3.36. The number of hydrogen-bond acceptors (Lipinski definition) is 4. The molecule has 1 aromatic heterocycles. The van der Waals surface area contributed by atoms with Crippen molar-refractivity contribution in [3.05, 3.63) is 77.2 Å². The van der Waals surface area contributed by atoms with Gasteiger partial charge >= 0.3 is 6.01 Å². The molecule has 5 heteroatoms. The van der Waals surface area contributed by atoms with Crippen LogP contribution in [0.25, 0.3) is 0 Å². The van der Waals surface area contributed by atoms with Crippen molar-refractivity contribution in [3.8, 4) is 0 Å². The topological polar surface area (TPSA) is 68.0 Å². The number of amides is 1. The number of benzene rings is 2. The van der Waals surface area contributed by atoms with Crippen LogP contribution in [-0.4, -0.2) is 16.1 Å². The van der Waals surface area contributed by atoms with E-state index in [9.17, 15) is 4.79 Å². The number of hydrogen-bond donors (Lipinski definition) is 1. The minimum atomic E-state index is -0.175. The molecule has 0 aliphatic carbocycles. The van der Waals surface area contributed by atoms with E-state index < -0.39 is 0 Å². The number of anilines is 1. The Labute approximate surface area is 134 Å². The Morgan fingerprint density at radius 3 is 2.61 bits per heavy atom. The Morgan fingerprint density at radius 2 is 1.83 bits per heavy atom. The number of nitrogens with one attached hydrogen (secondary N) is 1. The highest BCUT2D eigenvalue weighted by molar-refractivity contribution is 5.90. The van der Waals surface area contributed by atoms with Crippen molar-refractivity contribution in [1.29, 1.82) is 0 Å². The van der Waals surface area contributed by atoms with Crippen LogP contribution in [0.2, 0.25) is 0 Å². The Balaban J connectivity index is 1.59. The van der Waals surface area contributed by atoms with Gasteiger partial charge in [-0.1, -0.05) is 65.3 Å². The van der Waals surface area contributed by atoms with Crippen LogP contribution in [0.15, 0.2) is 59.0 Å². The van der Waals surface area contributed by atoms with E-state index in [4.69, 9.17) is 4.42 Å². The molecule has 0 bridgehead atoms. The number of carbonyl (C=O) groups excluding carboxylic acids is 1. The van der Waals surface area contributed by atoms with Crippen molar-refractivity contribution in [3.63, 3.8) is 0 Å². The summed E-state index contributed by atoms with van der Waals surface area (Å²) in [6.45, 7) is 2.00. The summed E-state index contributed by atoms with van der Waals surface area (Å²) in [5.41, 5.74) is 3.15. The number of nitrogens with zero attached hydrogens (tertiary/aromatic N) is 2. The molecule has 5 nitrogen and oxygen atoms in total. The quantitative estimate of drug-likeness (QED) is 0.786. The van der Waals surface area contributed by atoms with E-state index in [0.717, 1.165) is 16.7 Å². The highest BCUT2D eigenvalue weighted by Gasteiger charge is 2.11. The van der Waals surface area contributed by atoms with E-state index in [2.05, 4.69) is 15.5 Å². The van der Waals surface area contributed by atoms with E-state index in [1.165, 1.54) is 0 Å². The van der Waals surface area contributed by atoms with Crippen molar-refractivity contribution in [2.24, 2.45) is 0 Å². The van der Waals surface area contributed by atoms with Crippen LogP contribution in [0.4, 0.5) is 6.01 Å². The number of aromatic nitrogens is 2. The van der Waals surface area contributed by atoms with Crippen molar-refractivity contribution in [1.82, 2.24) is 10.2 Å². The molecular formula is C18H17N3O2. The smallest absolute Gasteiger partial charge is 0.322 e. The van der Waals surface area contributed by atoms with Crippen LogP contribution in [0, 0.1) is 6.92 Å². The Kier molecular flexibility index (Phi) is 4.47. The van der Waals surface area contributed by atoms with Gasteiger partial charge in [0.05, 0.1) is 12.8 Å². The summed E-state index contributed by atoms with van der Waals surface area (Å²) in [5.74, 6) is 0.299. The molecular weight excluding hydrogens is 290 g/mol. The highest BCUT2D eigenvalue weighted by atomic mass is 16.4. The average molecular weight is 307 g/mol. The fourth-order valence-electron chi connectivity index (χ4n) is 2.32. The van der Waals surface area contributed by atoms with E-state index >= 15 is 0 Å². The van der Waals surface area contributed by atoms with Crippen LogP contribution >= 0.6 is 0 Å². The molecule has 0 atom stereocenters. The summed E-state index contributed by atoms with van der Waals surface area (Å²) in [6, 6.07) is 17.8. The minimum absolute atomic E-state index is 0.133. The maximum atomic E-state index is 12.0. The molecule has 3 aromatic rings. The SMILES string of the molecule is Cc1cccc(CC(=O)Nc2nnc(Cc3ccccc3)o2)c1. The number of aryl methyl sites for hydroxylation is 1. The van der Waals surface area contributed by atoms with Crippen molar-refractivity contribution < 1.29 is 9.21 Å². The first-order valence-corrected chi connectivity index (χ1v) is 7.41. The fourth-order valence-corrected chi connectivity index (χ4v) is 2.32. The molecule has 2 aromatic carbocycles. The molecule has 1 amide bonds. The second kappa shape index (κ2) is 6.87. The van der Waals surface area contributed by atoms with Gasteiger partial charge in [-0.15, -0.1) is 5.10 Å². The first kappa shape index (κ1) is 15.0. The second-order valence-electron chi connectivity index (χ2n) is 5.38. The molecule has 0 aliphatic rings. The molecule has 0 unspecified atom stereocenters. The molecule has 1 N–H and O–H groups in total. The summed E-state index contributed by atoms with van der Waals surface area (Å²) in [6.07, 6.45) is 0.819. The van der Waals surface area contributed by atoms with Crippen molar-refractivity contribution >= 4 is 11.9 Å². The van der Waals surface area contributed by atoms with E-state index in [1.54, 1.807) is 0 Å². The highest BCUT2D eigenvalue weighted by Crippen LogP contribution is 2.12. The summed E-state index contributed by atoms with van der Waals surface area (Å²) >= 11 is 0. The lowest BCUT2D eigenvalue weighted by atomic mass is 10.1. The van der Waals surface area contributed by atoms with Gasteiger partial charge in [-0.2, -0.15) is 0 Å². The van der Waals surface area contributed by atoms with Gasteiger partial charge in [-0.25, -0.2) is 0 Å². The molecule has 116 valence electrons. The van der Waals surface area contributed by atoms with Crippen molar-refractivity contribution in [2.75, 3.05) is 5.32 Å². The van der Waals surface area contributed by atoms with Crippen LogP contribution in [0.3, 0.4) is 0 Å². The van der Waals surface area contributed by atoms with Crippen molar-refractivity contribution in [2.45, 2.75) is 19.8 Å². The zero-order valence-corrected chi connectivity index (χ0v) is 12.8. The molecule has 23 heavy (non-hydrogen) atoms. The van der Waals surface area contributed by atoms with Crippen LogP contribution in [0.1, 0.15) is 22.6 Å².